The number of carbonyl (C=O) groups is 1. The summed E-state index contributed by atoms with van der Waals surface area (Å²) in [5, 5.41) is 9.88. The number of fused-ring (bicyclic) bond motifs is 2. The Bertz CT molecular complexity index is 1200. The molecule has 0 bridgehead atoms. The number of benzene rings is 2. The van der Waals surface area contributed by atoms with Gasteiger partial charge in [-0.2, -0.15) is 0 Å². The van der Waals surface area contributed by atoms with Crippen LogP contribution in [0.25, 0.3) is 21.8 Å². The van der Waals surface area contributed by atoms with Crippen LogP contribution in [-0.2, 0) is 0 Å². The van der Waals surface area contributed by atoms with Gasteiger partial charge in [0.1, 0.15) is 0 Å². The summed E-state index contributed by atoms with van der Waals surface area (Å²) in [6.45, 7) is 3.99. The smallest absolute Gasteiger partial charge is 0.308 e. The van der Waals surface area contributed by atoms with Crippen molar-refractivity contribution in [3.63, 3.8) is 0 Å². The average molecular weight is 361 g/mol. The number of amides is 2. The van der Waals surface area contributed by atoms with Gasteiger partial charge in [0.25, 0.3) is 5.56 Å². The van der Waals surface area contributed by atoms with E-state index >= 15 is 0 Å². The van der Waals surface area contributed by atoms with Gasteiger partial charge in [0.15, 0.2) is 0 Å². The van der Waals surface area contributed by atoms with Gasteiger partial charge in [-0.3, -0.25) is 19.6 Å². The summed E-state index contributed by atoms with van der Waals surface area (Å²) in [5.41, 5.74) is 2.51. The fourth-order valence-electron chi connectivity index (χ4n) is 3.13. The van der Waals surface area contributed by atoms with Crippen molar-refractivity contribution in [2.75, 3.05) is 10.6 Å². The normalized spacial score (nSPS) is 11.2. The van der Waals surface area contributed by atoms with Crippen LogP contribution >= 0.6 is 0 Å². The summed E-state index contributed by atoms with van der Waals surface area (Å²) >= 11 is 0. The summed E-state index contributed by atoms with van der Waals surface area (Å²) in [6, 6.07) is 14.4. The fraction of sp³-hybridized carbons (Fsp3) is 0.150. The van der Waals surface area contributed by atoms with Gasteiger partial charge < -0.3 is 10.6 Å². The highest BCUT2D eigenvalue weighted by Gasteiger charge is 2.11. The Morgan fingerprint density at radius 1 is 1.11 bits per heavy atom. The molecule has 0 aliphatic heterocycles. The Kier molecular flexibility index (Phi) is 4.12. The van der Waals surface area contributed by atoms with Crippen LogP contribution in [0.4, 0.5) is 16.2 Å². The first kappa shape index (κ1) is 16.8. The Hall–Kier alpha value is -3.61. The third kappa shape index (κ3) is 3.15. The lowest BCUT2D eigenvalue weighted by Gasteiger charge is -2.10. The Morgan fingerprint density at radius 2 is 1.93 bits per heavy atom. The molecule has 0 saturated carbocycles. The van der Waals surface area contributed by atoms with Gasteiger partial charge in [0, 0.05) is 23.3 Å². The molecule has 3 N–H and O–H groups in total. The summed E-state index contributed by atoms with van der Waals surface area (Å²) in [4.78, 5) is 28.9. The number of hydrogen-bond acceptors (Lipinski definition) is 3. The number of urea groups is 1. The third-order valence-corrected chi connectivity index (χ3v) is 4.38. The molecule has 27 heavy (non-hydrogen) atoms. The minimum absolute atomic E-state index is 0.135. The van der Waals surface area contributed by atoms with E-state index in [4.69, 9.17) is 0 Å². The van der Waals surface area contributed by atoms with E-state index in [-0.39, 0.29) is 11.6 Å². The van der Waals surface area contributed by atoms with Crippen molar-refractivity contribution in [3.8, 4) is 0 Å². The second-order valence-electron chi connectivity index (χ2n) is 6.60. The highest BCUT2D eigenvalue weighted by Crippen LogP contribution is 2.22. The molecule has 0 unspecified atom stereocenters. The summed E-state index contributed by atoms with van der Waals surface area (Å²) in [7, 11) is 0. The predicted molar refractivity (Wildman–Crippen MR) is 107 cm³/mol. The molecule has 0 fully saturated rings. The first-order chi connectivity index (χ1) is 13.0. The van der Waals surface area contributed by atoms with E-state index in [1.807, 2.05) is 48.9 Å². The zero-order valence-electron chi connectivity index (χ0n) is 15.0. The van der Waals surface area contributed by atoms with Crippen LogP contribution in [0, 0.1) is 0 Å². The maximum atomic E-state index is 12.4. The molecule has 0 radical (unpaired) electrons. The van der Waals surface area contributed by atoms with E-state index in [2.05, 4.69) is 20.7 Å². The molecule has 4 rings (SSSR count). The summed E-state index contributed by atoms with van der Waals surface area (Å²) in [5.74, 6) is 0. The SMILES string of the molecule is CC(C)n1[nH]c(=O)c2cc(NC(=O)Nc3cccc4cccnc34)ccc21. The van der Waals surface area contributed by atoms with E-state index in [9.17, 15) is 9.59 Å². The first-order valence-corrected chi connectivity index (χ1v) is 8.69. The molecule has 2 aromatic carbocycles. The van der Waals surface area contributed by atoms with Crippen LogP contribution in [0.2, 0.25) is 0 Å². The zero-order valence-corrected chi connectivity index (χ0v) is 15.0. The van der Waals surface area contributed by atoms with Crippen LogP contribution < -0.4 is 16.2 Å². The van der Waals surface area contributed by atoms with E-state index in [0.717, 1.165) is 16.4 Å². The molecule has 0 aliphatic carbocycles. The zero-order chi connectivity index (χ0) is 19.0. The topological polar surface area (TPSA) is 91.8 Å². The quantitative estimate of drug-likeness (QED) is 0.513. The van der Waals surface area contributed by atoms with Crippen molar-refractivity contribution in [1.29, 1.82) is 0 Å². The number of H-pyrrole nitrogens is 1. The highest BCUT2D eigenvalue weighted by molar-refractivity contribution is 6.05. The number of aromatic amines is 1. The molecule has 0 atom stereocenters. The molecule has 136 valence electrons. The van der Waals surface area contributed by atoms with Crippen molar-refractivity contribution in [1.82, 2.24) is 14.8 Å². The second kappa shape index (κ2) is 6.60. The Labute approximate surface area is 155 Å². The highest BCUT2D eigenvalue weighted by atomic mass is 16.2. The van der Waals surface area contributed by atoms with Gasteiger partial charge in [-0.1, -0.05) is 18.2 Å². The van der Waals surface area contributed by atoms with E-state index in [0.29, 0.717) is 16.8 Å². The van der Waals surface area contributed by atoms with E-state index < -0.39 is 6.03 Å². The first-order valence-electron chi connectivity index (χ1n) is 8.69. The summed E-state index contributed by atoms with van der Waals surface area (Å²) < 4.78 is 1.81. The second-order valence-corrected chi connectivity index (χ2v) is 6.60. The molecule has 7 heteroatoms. The van der Waals surface area contributed by atoms with Crippen molar-refractivity contribution >= 4 is 39.2 Å². The van der Waals surface area contributed by atoms with Crippen LogP contribution in [0.15, 0.2) is 59.5 Å². The number of pyridine rings is 1. The number of hydrogen-bond donors (Lipinski definition) is 3. The monoisotopic (exact) mass is 361 g/mol. The van der Waals surface area contributed by atoms with Gasteiger partial charge in [0.05, 0.1) is 22.1 Å². The van der Waals surface area contributed by atoms with Crippen LogP contribution in [0.3, 0.4) is 0 Å². The lowest BCUT2D eigenvalue weighted by Crippen LogP contribution is -2.19. The van der Waals surface area contributed by atoms with Crippen molar-refractivity contribution in [2.24, 2.45) is 0 Å². The molecule has 2 heterocycles. The number of nitrogens with zero attached hydrogens (tertiary/aromatic N) is 2. The predicted octanol–water partition coefficient (Wildman–Crippen LogP) is 4.10. The van der Waals surface area contributed by atoms with Crippen molar-refractivity contribution in [2.45, 2.75) is 19.9 Å². The number of anilines is 2. The van der Waals surface area contributed by atoms with E-state index in [1.165, 1.54) is 0 Å². The molecular formula is C20H19N5O2. The van der Waals surface area contributed by atoms with Gasteiger partial charge in [-0.15, -0.1) is 0 Å². The Balaban J connectivity index is 1.59. The van der Waals surface area contributed by atoms with Crippen molar-refractivity contribution < 1.29 is 4.79 Å². The molecule has 4 aromatic rings. The van der Waals surface area contributed by atoms with Gasteiger partial charge >= 0.3 is 6.03 Å². The van der Waals surface area contributed by atoms with Gasteiger partial charge in [0.2, 0.25) is 0 Å². The van der Waals surface area contributed by atoms with Crippen LogP contribution in [0.5, 0.6) is 0 Å². The van der Waals surface area contributed by atoms with Crippen LogP contribution in [-0.4, -0.2) is 20.8 Å². The average Bonchev–Trinajstić information content (AvgIpc) is 2.99. The minimum atomic E-state index is -0.396. The molecule has 2 aromatic heterocycles. The third-order valence-electron chi connectivity index (χ3n) is 4.38. The number of nitrogens with one attached hydrogen (secondary N) is 3. The summed E-state index contributed by atoms with van der Waals surface area (Å²) in [6.07, 6.45) is 1.69. The number of carbonyl (C=O) groups excluding carboxylic acids is 1. The van der Waals surface area contributed by atoms with E-state index in [1.54, 1.807) is 24.4 Å². The number of aromatic nitrogens is 3. The largest absolute Gasteiger partial charge is 0.323 e. The lowest BCUT2D eigenvalue weighted by molar-refractivity contribution is 0.262. The lowest BCUT2D eigenvalue weighted by atomic mass is 10.2. The molecule has 0 spiro atoms. The fourth-order valence-corrected chi connectivity index (χ4v) is 3.13. The van der Waals surface area contributed by atoms with Gasteiger partial charge in [-0.25, -0.2) is 4.79 Å². The molecular weight excluding hydrogens is 342 g/mol. The van der Waals surface area contributed by atoms with Crippen LogP contribution in [0.1, 0.15) is 19.9 Å². The minimum Gasteiger partial charge on any atom is -0.308 e. The molecule has 2 amide bonds. The maximum Gasteiger partial charge on any atom is 0.323 e. The van der Waals surface area contributed by atoms with Gasteiger partial charge in [-0.05, 0) is 44.2 Å². The molecule has 0 aliphatic rings. The Morgan fingerprint density at radius 3 is 2.74 bits per heavy atom. The number of rotatable bonds is 3. The number of para-hydroxylation sites is 1. The molecule has 0 saturated heterocycles. The maximum absolute atomic E-state index is 12.4. The van der Waals surface area contributed by atoms with Crippen molar-refractivity contribution in [3.05, 3.63) is 65.1 Å². The standard InChI is InChI=1S/C20H19N5O2/c1-12(2)25-17-9-8-14(11-15(17)19(26)24-25)22-20(27)23-16-7-3-5-13-6-4-10-21-18(13)16/h3-12H,1-2H3,(H,24,26)(H2,22,23,27). The molecule has 7 nitrogen and oxygen atoms in total.